The summed E-state index contributed by atoms with van der Waals surface area (Å²) in [6, 6.07) is 17.3. The van der Waals surface area contributed by atoms with Crippen molar-refractivity contribution in [1.29, 1.82) is 0 Å². The zero-order valence-corrected chi connectivity index (χ0v) is 20.2. The molecule has 0 amide bonds. The summed E-state index contributed by atoms with van der Waals surface area (Å²) in [4.78, 5) is 0. The van der Waals surface area contributed by atoms with Crippen LogP contribution in [0.1, 0.15) is 101 Å². The molecule has 1 unspecified atom stereocenters. The maximum absolute atomic E-state index is 5.35. The summed E-state index contributed by atoms with van der Waals surface area (Å²) in [6.07, 6.45) is 17.2. The first-order valence-corrected chi connectivity index (χ1v) is 12.5. The summed E-state index contributed by atoms with van der Waals surface area (Å²) in [5, 5.41) is 0. The van der Waals surface area contributed by atoms with Gasteiger partial charge in [0.05, 0.1) is 14.2 Å². The minimum atomic E-state index is 0.698. The summed E-state index contributed by atoms with van der Waals surface area (Å²) < 4.78 is 10.7. The molecule has 0 aliphatic heterocycles. The van der Waals surface area contributed by atoms with E-state index in [0.29, 0.717) is 5.92 Å². The van der Waals surface area contributed by atoms with Gasteiger partial charge in [0, 0.05) is 0 Å². The normalized spacial score (nSPS) is 12.0. The molecule has 0 aliphatic rings. The summed E-state index contributed by atoms with van der Waals surface area (Å²) in [5.74, 6) is 2.63. The van der Waals surface area contributed by atoms with Crippen LogP contribution in [0, 0.1) is 0 Å². The molecular formula is C29H44O2. The lowest BCUT2D eigenvalue weighted by Gasteiger charge is -2.18. The summed E-state index contributed by atoms with van der Waals surface area (Å²) >= 11 is 0. The Balaban J connectivity index is 1.69. The lowest BCUT2D eigenvalue weighted by molar-refractivity contribution is 0.414. The molecule has 0 N–H and O–H groups in total. The van der Waals surface area contributed by atoms with Gasteiger partial charge in [-0.3, -0.25) is 0 Å². The standard InChI is InChI=1S/C29H44O2/c1-4-5-6-8-12-17-26(27-20-22-28(30-2)23-21-27)18-13-10-7-9-11-15-25-16-14-19-29(24-25)31-3/h14,16,19-24,26H,4-13,15,17-18H2,1-3H3. The molecule has 2 nitrogen and oxygen atoms in total. The number of benzene rings is 2. The maximum atomic E-state index is 5.35. The van der Waals surface area contributed by atoms with Crippen LogP contribution in [0.15, 0.2) is 48.5 Å². The van der Waals surface area contributed by atoms with E-state index in [-0.39, 0.29) is 0 Å². The van der Waals surface area contributed by atoms with E-state index in [9.17, 15) is 0 Å². The Labute approximate surface area is 191 Å². The van der Waals surface area contributed by atoms with Crippen LogP contribution in [0.4, 0.5) is 0 Å². The first-order chi connectivity index (χ1) is 15.3. The molecule has 0 saturated carbocycles. The Kier molecular flexibility index (Phi) is 12.9. The molecule has 2 aromatic carbocycles. The number of methoxy groups -OCH3 is 2. The monoisotopic (exact) mass is 424 g/mol. The third-order valence-electron chi connectivity index (χ3n) is 6.40. The summed E-state index contributed by atoms with van der Waals surface area (Å²) in [5.41, 5.74) is 2.89. The van der Waals surface area contributed by atoms with E-state index in [0.717, 1.165) is 17.9 Å². The van der Waals surface area contributed by atoms with Crippen LogP contribution in [-0.4, -0.2) is 14.2 Å². The van der Waals surface area contributed by atoms with Gasteiger partial charge in [-0.2, -0.15) is 0 Å². The van der Waals surface area contributed by atoms with E-state index in [1.165, 1.54) is 88.2 Å². The third kappa shape index (κ3) is 10.3. The van der Waals surface area contributed by atoms with Crippen LogP contribution in [0.25, 0.3) is 0 Å². The highest BCUT2D eigenvalue weighted by Gasteiger charge is 2.11. The van der Waals surface area contributed by atoms with E-state index in [1.807, 2.05) is 6.07 Å². The Morgan fingerprint density at radius 1 is 0.645 bits per heavy atom. The van der Waals surface area contributed by atoms with Crippen LogP contribution in [0.3, 0.4) is 0 Å². The molecule has 0 radical (unpaired) electrons. The molecule has 0 fully saturated rings. The second kappa shape index (κ2) is 15.8. The highest BCUT2D eigenvalue weighted by Crippen LogP contribution is 2.30. The predicted molar refractivity (Wildman–Crippen MR) is 134 cm³/mol. The number of aryl methyl sites for hydroxylation is 1. The molecule has 172 valence electrons. The quantitative estimate of drug-likeness (QED) is 0.236. The molecule has 0 heterocycles. The van der Waals surface area contributed by atoms with Crippen molar-refractivity contribution in [3.05, 3.63) is 59.7 Å². The van der Waals surface area contributed by atoms with Crippen molar-refractivity contribution in [1.82, 2.24) is 0 Å². The Morgan fingerprint density at radius 2 is 1.26 bits per heavy atom. The summed E-state index contributed by atoms with van der Waals surface area (Å²) in [7, 11) is 3.48. The molecule has 1 atom stereocenters. The third-order valence-corrected chi connectivity index (χ3v) is 6.40. The van der Waals surface area contributed by atoms with E-state index in [2.05, 4.69) is 49.4 Å². The average Bonchev–Trinajstić information content (AvgIpc) is 2.82. The van der Waals surface area contributed by atoms with Crippen LogP contribution in [-0.2, 0) is 6.42 Å². The van der Waals surface area contributed by atoms with Crippen LogP contribution in [0.2, 0.25) is 0 Å². The SMILES string of the molecule is CCCCCCCC(CCCCCCCc1cccc(OC)c1)c1ccc(OC)cc1. The minimum Gasteiger partial charge on any atom is -0.497 e. The molecular weight excluding hydrogens is 380 g/mol. The molecule has 0 aromatic heterocycles. The number of hydrogen-bond acceptors (Lipinski definition) is 2. The van der Waals surface area contributed by atoms with Crippen LogP contribution < -0.4 is 9.47 Å². The molecule has 0 spiro atoms. The maximum Gasteiger partial charge on any atom is 0.119 e. The topological polar surface area (TPSA) is 18.5 Å². The van der Waals surface area contributed by atoms with Gasteiger partial charge in [0.1, 0.15) is 11.5 Å². The zero-order valence-electron chi connectivity index (χ0n) is 20.2. The molecule has 2 aromatic rings. The molecule has 31 heavy (non-hydrogen) atoms. The molecule has 2 heteroatoms. The van der Waals surface area contributed by atoms with Crippen molar-refractivity contribution in [2.75, 3.05) is 14.2 Å². The van der Waals surface area contributed by atoms with E-state index < -0.39 is 0 Å². The number of ether oxygens (including phenoxy) is 2. The van der Waals surface area contributed by atoms with Gasteiger partial charge in [0.25, 0.3) is 0 Å². The lowest BCUT2D eigenvalue weighted by atomic mass is 9.88. The van der Waals surface area contributed by atoms with E-state index in [4.69, 9.17) is 9.47 Å². The van der Waals surface area contributed by atoms with Gasteiger partial charge in [-0.1, -0.05) is 89.0 Å². The first kappa shape index (κ1) is 25.3. The van der Waals surface area contributed by atoms with Crippen molar-refractivity contribution in [3.8, 4) is 11.5 Å². The molecule has 0 aliphatic carbocycles. The van der Waals surface area contributed by atoms with Gasteiger partial charge in [-0.05, 0) is 67.0 Å². The van der Waals surface area contributed by atoms with Gasteiger partial charge in [-0.25, -0.2) is 0 Å². The number of rotatable bonds is 17. The molecule has 0 saturated heterocycles. The van der Waals surface area contributed by atoms with Gasteiger partial charge in [0.2, 0.25) is 0 Å². The van der Waals surface area contributed by atoms with Gasteiger partial charge in [-0.15, -0.1) is 0 Å². The summed E-state index contributed by atoms with van der Waals surface area (Å²) in [6.45, 7) is 2.29. The fraction of sp³-hybridized carbons (Fsp3) is 0.586. The smallest absolute Gasteiger partial charge is 0.119 e. The largest absolute Gasteiger partial charge is 0.497 e. The van der Waals surface area contributed by atoms with Crippen molar-refractivity contribution >= 4 is 0 Å². The van der Waals surface area contributed by atoms with Crippen molar-refractivity contribution in [2.45, 2.75) is 96.3 Å². The van der Waals surface area contributed by atoms with E-state index in [1.54, 1.807) is 14.2 Å². The highest BCUT2D eigenvalue weighted by molar-refractivity contribution is 5.29. The Morgan fingerprint density at radius 3 is 1.90 bits per heavy atom. The fourth-order valence-corrected chi connectivity index (χ4v) is 4.43. The molecule has 0 bridgehead atoms. The van der Waals surface area contributed by atoms with Gasteiger partial charge >= 0.3 is 0 Å². The minimum absolute atomic E-state index is 0.698. The van der Waals surface area contributed by atoms with Crippen molar-refractivity contribution in [3.63, 3.8) is 0 Å². The van der Waals surface area contributed by atoms with Gasteiger partial charge < -0.3 is 9.47 Å². The first-order valence-electron chi connectivity index (χ1n) is 12.5. The Bertz CT molecular complexity index is 692. The highest BCUT2D eigenvalue weighted by atomic mass is 16.5. The Hall–Kier alpha value is -1.96. The molecule has 2 rings (SSSR count). The van der Waals surface area contributed by atoms with E-state index >= 15 is 0 Å². The zero-order chi connectivity index (χ0) is 22.2. The second-order valence-corrected chi connectivity index (χ2v) is 8.83. The predicted octanol–water partition coefficient (Wildman–Crippen LogP) is 8.73. The fourth-order valence-electron chi connectivity index (χ4n) is 4.43. The average molecular weight is 425 g/mol. The van der Waals surface area contributed by atoms with Crippen LogP contribution in [0.5, 0.6) is 11.5 Å². The lowest BCUT2D eigenvalue weighted by Crippen LogP contribution is -2.00. The second-order valence-electron chi connectivity index (χ2n) is 8.83. The number of hydrogen-bond donors (Lipinski definition) is 0. The van der Waals surface area contributed by atoms with Crippen molar-refractivity contribution < 1.29 is 9.47 Å². The van der Waals surface area contributed by atoms with Crippen molar-refractivity contribution in [2.24, 2.45) is 0 Å². The van der Waals surface area contributed by atoms with Gasteiger partial charge in [0.15, 0.2) is 0 Å². The van der Waals surface area contributed by atoms with Crippen LogP contribution >= 0.6 is 0 Å². The number of unbranched alkanes of at least 4 members (excludes halogenated alkanes) is 8.